The Bertz CT molecular complexity index is 361. The van der Waals surface area contributed by atoms with Gasteiger partial charge in [0, 0.05) is 25.9 Å². The number of aryl methyl sites for hydroxylation is 2. The molecule has 4 heteroatoms. The van der Waals surface area contributed by atoms with Gasteiger partial charge in [0.05, 0.1) is 12.3 Å². The number of nitrogens with zero attached hydrogens (tertiary/aromatic N) is 2. The molecule has 110 valence electrons. The molecule has 19 heavy (non-hydrogen) atoms. The molecule has 0 aromatic carbocycles. The van der Waals surface area contributed by atoms with Crippen LogP contribution in [0.25, 0.3) is 0 Å². The minimum atomic E-state index is 0.772. The Morgan fingerprint density at radius 3 is 2.68 bits per heavy atom. The van der Waals surface area contributed by atoms with E-state index in [-0.39, 0.29) is 0 Å². The summed E-state index contributed by atoms with van der Waals surface area (Å²) < 4.78 is 7.20. The Morgan fingerprint density at radius 1 is 1.21 bits per heavy atom. The molecule has 0 unspecified atom stereocenters. The van der Waals surface area contributed by atoms with Gasteiger partial charge in [-0.15, -0.1) is 0 Å². The van der Waals surface area contributed by atoms with Gasteiger partial charge in [0.1, 0.15) is 0 Å². The van der Waals surface area contributed by atoms with Crippen molar-refractivity contribution < 1.29 is 4.74 Å². The number of hydrogen-bond donors (Lipinski definition) is 1. The average Bonchev–Trinajstić information content (AvgIpc) is 2.66. The molecule has 0 atom stereocenters. The van der Waals surface area contributed by atoms with Crippen LogP contribution in [0, 0.1) is 13.8 Å². The Hall–Kier alpha value is -0.870. The zero-order chi connectivity index (χ0) is 14.1. The summed E-state index contributed by atoms with van der Waals surface area (Å²) in [6.45, 7) is 10.3. The van der Waals surface area contributed by atoms with E-state index in [4.69, 9.17) is 4.74 Å². The summed E-state index contributed by atoms with van der Waals surface area (Å²) in [5, 5.41) is 8.05. The van der Waals surface area contributed by atoms with E-state index in [0.29, 0.717) is 0 Å². The third kappa shape index (κ3) is 5.33. The van der Waals surface area contributed by atoms with Crippen molar-refractivity contribution in [3.05, 3.63) is 17.0 Å². The summed E-state index contributed by atoms with van der Waals surface area (Å²) in [6.07, 6.45) is 4.82. The monoisotopic (exact) mass is 267 g/mol. The van der Waals surface area contributed by atoms with Crippen molar-refractivity contribution in [2.75, 3.05) is 26.8 Å². The first-order valence-electron chi connectivity index (χ1n) is 7.43. The van der Waals surface area contributed by atoms with Crippen LogP contribution in [0.2, 0.25) is 0 Å². The van der Waals surface area contributed by atoms with Gasteiger partial charge in [-0.3, -0.25) is 4.68 Å². The number of methoxy groups -OCH3 is 1. The lowest BCUT2D eigenvalue weighted by molar-refractivity contribution is 0.199. The van der Waals surface area contributed by atoms with Crippen LogP contribution in [0.3, 0.4) is 0 Å². The maximum absolute atomic E-state index is 5.02. The molecule has 0 fully saturated rings. The molecule has 0 bridgehead atoms. The minimum absolute atomic E-state index is 0.772. The summed E-state index contributed by atoms with van der Waals surface area (Å²) in [5.74, 6) is 0. The smallest absolute Gasteiger partial charge is 0.0628 e. The van der Waals surface area contributed by atoms with E-state index in [1.165, 1.54) is 36.2 Å². The van der Waals surface area contributed by atoms with Crippen LogP contribution in [0.1, 0.15) is 43.1 Å². The number of hydrogen-bond acceptors (Lipinski definition) is 3. The van der Waals surface area contributed by atoms with E-state index in [1.807, 2.05) is 0 Å². The molecular weight excluding hydrogens is 238 g/mol. The summed E-state index contributed by atoms with van der Waals surface area (Å²) in [7, 11) is 1.73. The highest BCUT2D eigenvalue weighted by Crippen LogP contribution is 2.14. The highest BCUT2D eigenvalue weighted by atomic mass is 16.5. The van der Waals surface area contributed by atoms with Crippen LogP contribution in [0.15, 0.2) is 0 Å². The quantitative estimate of drug-likeness (QED) is 0.662. The molecule has 0 aliphatic rings. The van der Waals surface area contributed by atoms with Gasteiger partial charge in [0.15, 0.2) is 0 Å². The van der Waals surface area contributed by atoms with E-state index in [2.05, 4.69) is 35.9 Å². The predicted molar refractivity (Wildman–Crippen MR) is 79.7 cm³/mol. The second-order valence-corrected chi connectivity index (χ2v) is 5.07. The Kier molecular flexibility index (Phi) is 7.75. The van der Waals surface area contributed by atoms with Gasteiger partial charge in [0.2, 0.25) is 0 Å². The molecule has 0 aliphatic heterocycles. The molecule has 0 saturated carbocycles. The summed E-state index contributed by atoms with van der Waals surface area (Å²) in [4.78, 5) is 0. The average molecular weight is 267 g/mol. The molecule has 1 heterocycles. The van der Waals surface area contributed by atoms with E-state index >= 15 is 0 Å². The molecular formula is C15H29N3O. The summed E-state index contributed by atoms with van der Waals surface area (Å²) in [5.41, 5.74) is 3.92. The van der Waals surface area contributed by atoms with Crippen LogP contribution in [-0.2, 0) is 17.7 Å². The van der Waals surface area contributed by atoms with Crippen molar-refractivity contribution >= 4 is 0 Å². The fourth-order valence-corrected chi connectivity index (χ4v) is 2.34. The van der Waals surface area contributed by atoms with Crippen molar-refractivity contribution in [2.45, 2.75) is 53.0 Å². The van der Waals surface area contributed by atoms with Gasteiger partial charge in [-0.25, -0.2) is 0 Å². The largest absolute Gasteiger partial charge is 0.383 e. The van der Waals surface area contributed by atoms with Gasteiger partial charge < -0.3 is 10.1 Å². The SMILES string of the molecule is CCCCCn1nc(C)c(CCNCCOC)c1C. The van der Waals surface area contributed by atoms with Crippen LogP contribution in [-0.4, -0.2) is 36.6 Å². The molecule has 0 spiro atoms. The minimum Gasteiger partial charge on any atom is -0.383 e. The van der Waals surface area contributed by atoms with Gasteiger partial charge in [-0.2, -0.15) is 5.10 Å². The Balaban J connectivity index is 2.44. The molecule has 0 radical (unpaired) electrons. The van der Waals surface area contributed by atoms with E-state index in [9.17, 15) is 0 Å². The number of aromatic nitrogens is 2. The van der Waals surface area contributed by atoms with Crippen molar-refractivity contribution in [3.63, 3.8) is 0 Å². The van der Waals surface area contributed by atoms with Crippen LogP contribution in [0.4, 0.5) is 0 Å². The maximum atomic E-state index is 5.02. The number of ether oxygens (including phenoxy) is 1. The molecule has 0 amide bonds. The topological polar surface area (TPSA) is 39.1 Å². The van der Waals surface area contributed by atoms with Crippen molar-refractivity contribution in [3.8, 4) is 0 Å². The zero-order valence-electron chi connectivity index (χ0n) is 13.0. The Labute approximate surface area is 117 Å². The molecule has 4 nitrogen and oxygen atoms in total. The highest BCUT2D eigenvalue weighted by molar-refractivity contribution is 5.24. The van der Waals surface area contributed by atoms with Crippen LogP contribution >= 0.6 is 0 Å². The zero-order valence-corrected chi connectivity index (χ0v) is 13.0. The standard InChI is InChI=1S/C15H29N3O/c1-5-6-7-11-18-14(3)15(13(2)17-18)8-9-16-10-12-19-4/h16H,5-12H2,1-4H3. The number of nitrogens with one attached hydrogen (secondary N) is 1. The molecule has 1 aromatic rings. The predicted octanol–water partition coefficient (Wildman–Crippen LogP) is 2.47. The van der Waals surface area contributed by atoms with E-state index < -0.39 is 0 Å². The summed E-state index contributed by atoms with van der Waals surface area (Å²) in [6, 6.07) is 0. The van der Waals surface area contributed by atoms with Gasteiger partial charge in [-0.1, -0.05) is 19.8 Å². The van der Waals surface area contributed by atoms with Crippen LogP contribution < -0.4 is 5.32 Å². The molecule has 1 rings (SSSR count). The lowest BCUT2D eigenvalue weighted by atomic mass is 10.1. The fraction of sp³-hybridized carbons (Fsp3) is 0.800. The lowest BCUT2D eigenvalue weighted by Crippen LogP contribution is -2.22. The fourth-order valence-electron chi connectivity index (χ4n) is 2.34. The number of unbranched alkanes of at least 4 members (excludes halogenated alkanes) is 2. The molecule has 1 N–H and O–H groups in total. The maximum Gasteiger partial charge on any atom is 0.0628 e. The first-order valence-corrected chi connectivity index (χ1v) is 7.43. The highest BCUT2D eigenvalue weighted by Gasteiger charge is 2.10. The molecule has 0 aliphatic carbocycles. The van der Waals surface area contributed by atoms with E-state index in [0.717, 1.165) is 32.7 Å². The third-order valence-corrected chi connectivity index (χ3v) is 3.54. The van der Waals surface area contributed by atoms with E-state index in [1.54, 1.807) is 7.11 Å². The third-order valence-electron chi connectivity index (χ3n) is 3.54. The summed E-state index contributed by atoms with van der Waals surface area (Å²) >= 11 is 0. The van der Waals surface area contributed by atoms with Crippen molar-refractivity contribution in [1.29, 1.82) is 0 Å². The lowest BCUT2D eigenvalue weighted by Gasteiger charge is -2.06. The van der Waals surface area contributed by atoms with Gasteiger partial charge in [0.25, 0.3) is 0 Å². The van der Waals surface area contributed by atoms with Gasteiger partial charge in [-0.05, 0) is 38.8 Å². The first-order chi connectivity index (χ1) is 9.20. The van der Waals surface area contributed by atoms with Crippen molar-refractivity contribution in [1.82, 2.24) is 15.1 Å². The van der Waals surface area contributed by atoms with Crippen LogP contribution in [0.5, 0.6) is 0 Å². The van der Waals surface area contributed by atoms with Gasteiger partial charge >= 0.3 is 0 Å². The first kappa shape index (κ1) is 16.2. The number of rotatable bonds is 10. The second-order valence-electron chi connectivity index (χ2n) is 5.07. The second kappa shape index (κ2) is 9.10. The van der Waals surface area contributed by atoms with Crippen molar-refractivity contribution in [2.24, 2.45) is 0 Å². The molecule has 1 aromatic heterocycles. The normalized spacial score (nSPS) is 11.2. The Morgan fingerprint density at radius 2 is 2.00 bits per heavy atom. The molecule has 0 saturated heterocycles.